The first kappa shape index (κ1) is 39.0. The predicted octanol–water partition coefficient (Wildman–Crippen LogP) is 3.80. The highest BCUT2D eigenvalue weighted by atomic mass is 35.5. The molecule has 0 saturated carbocycles. The number of nitrogens with zero attached hydrogens (tertiary/aromatic N) is 5. The van der Waals surface area contributed by atoms with Gasteiger partial charge in [0.1, 0.15) is 11.7 Å². The number of fused-ring (bicyclic) bond motifs is 1. The Morgan fingerprint density at radius 3 is 2.25 bits per heavy atom. The minimum absolute atomic E-state index is 0.0222. The summed E-state index contributed by atoms with van der Waals surface area (Å²) in [6.07, 6.45) is 6.83. The zero-order valence-electron chi connectivity index (χ0n) is 31.4. The van der Waals surface area contributed by atoms with Crippen molar-refractivity contribution >= 4 is 70.0 Å². The van der Waals surface area contributed by atoms with Gasteiger partial charge in [0.2, 0.25) is 11.8 Å². The average Bonchev–Trinajstić information content (AvgIpc) is 3.74. The number of benzene rings is 2. The van der Waals surface area contributed by atoms with Crippen molar-refractivity contribution in [3.05, 3.63) is 75.0 Å². The van der Waals surface area contributed by atoms with E-state index in [-0.39, 0.29) is 51.8 Å². The van der Waals surface area contributed by atoms with Crippen LogP contribution in [0.3, 0.4) is 0 Å². The molecule has 8 rings (SSSR count). The first-order chi connectivity index (χ1) is 27.5. The number of likely N-dealkylation sites (tertiary alicyclic amines) is 2. The summed E-state index contributed by atoms with van der Waals surface area (Å²) in [5.74, 6) is -1.60. The molecule has 6 heterocycles. The SMILES string of the molecule is O=C1CCC(N2C(=O)c3ccc(N4CC(CN5CCC(CCN6CCC(NC(=O)c7[nH]ncc7NC(=O)c7c(Cl)cccc7Cl)CC6)CC5)C4)cc3C2=O)C(=O)N1. The van der Waals surface area contributed by atoms with Gasteiger partial charge in [0.25, 0.3) is 23.6 Å². The molecule has 5 aliphatic heterocycles. The molecule has 0 radical (unpaired) electrons. The van der Waals surface area contributed by atoms with Gasteiger partial charge in [-0.1, -0.05) is 29.3 Å². The monoisotopic (exact) mass is 817 g/mol. The molecule has 15 nitrogen and oxygen atoms in total. The molecule has 3 aromatic rings. The van der Waals surface area contributed by atoms with E-state index in [4.69, 9.17) is 23.2 Å². The first-order valence-corrected chi connectivity index (χ1v) is 20.4. The minimum Gasteiger partial charge on any atom is -0.371 e. The van der Waals surface area contributed by atoms with Crippen molar-refractivity contribution in [1.29, 1.82) is 0 Å². The van der Waals surface area contributed by atoms with Gasteiger partial charge < -0.3 is 25.3 Å². The second kappa shape index (κ2) is 16.6. The van der Waals surface area contributed by atoms with Gasteiger partial charge in [0.05, 0.1) is 38.6 Å². The normalized spacial score (nSPS) is 21.4. The first-order valence-electron chi connectivity index (χ1n) is 19.7. The Kier molecular flexibility index (Phi) is 11.3. The number of carbonyl (C=O) groups excluding carboxylic acids is 6. The fourth-order valence-electron chi connectivity index (χ4n) is 8.75. The highest BCUT2D eigenvalue weighted by Gasteiger charge is 2.45. The van der Waals surface area contributed by atoms with E-state index in [1.165, 1.54) is 19.0 Å². The fourth-order valence-corrected chi connectivity index (χ4v) is 9.32. The Labute approximate surface area is 339 Å². The van der Waals surface area contributed by atoms with E-state index in [9.17, 15) is 28.8 Å². The number of rotatable bonds is 11. The summed E-state index contributed by atoms with van der Waals surface area (Å²) >= 11 is 12.4. The molecule has 57 heavy (non-hydrogen) atoms. The third-order valence-corrected chi connectivity index (χ3v) is 12.7. The number of amides is 6. The van der Waals surface area contributed by atoms with Gasteiger partial charge in [-0.3, -0.25) is 44.1 Å². The second-order valence-electron chi connectivity index (χ2n) is 15.8. The van der Waals surface area contributed by atoms with Gasteiger partial charge >= 0.3 is 0 Å². The molecule has 17 heteroatoms. The number of nitrogens with one attached hydrogen (secondary N) is 4. The lowest BCUT2D eigenvalue weighted by molar-refractivity contribution is -0.136. The molecule has 4 fully saturated rings. The van der Waals surface area contributed by atoms with Crippen molar-refractivity contribution in [2.75, 3.05) is 62.6 Å². The molecule has 1 aromatic heterocycles. The van der Waals surface area contributed by atoms with Crippen LogP contribution >= 0.6 is 23.2 Å². The van der Waals surface area contributed by atoms with Crippen molar-refractivity contribution in [3.63, 3.8) is 0 Å². The van der Waals surface area contributed by atoms with Crippen molar-refractivity contribution in [2.45, 2.75) is 57.0 Å². The molecule has 4 N–H and O–H groups in total. The molecule has 4 saturated heterocycles. The van der Waals surface area contributed by atoms with Crippen LogP contribution in [0.1, 0.15) is 86.5 Å². The van der Waals surface area contributed by atoms with Gasteiger partial charge in [0.15, 0.2) is 0 Å². The Balaban J connectivity index is 0.722. The maximum atomic E-state index is 13.3. The van der Waals surface area contributed by atoms with Crippen molar-refractivity contribution in [2.24, 2.45) is 11.8 Å². The van der Waals surface area contributed by atoms with E-state index in [1.54, 1.807) is 30.3 Å². The van der Waals surface area contributed by atoms with Crippen LogP contribution in [0.15, 0.2) is 42.6 Å². The number of hydrogen-bond acceptors (Lipinski definition) is 10. The van der Waals surface area contributed by atoms with E-state index in [2.05, 4.69) is 40.8 Å². The summed E-state index contributed by atoms with van der Waals surface area (Å²) in [7, 11) is 0. The van der Waals surface area contributed by atoms with Crippen LogP contribution in [-0.2, 0) is 9.59 Å². The summed E-state index contributed by atoms with van der Waals surface area (Å²) in [5.41, 5.74) is 2.07. The fraction of sp³-hybridized carbons (Fsp3) is 0.475. The summed E-state index contributed by atoms with van der Waals surface area (Å²) in [5, 5.41) is 15.1. The summed E-state index contributed by atoms with van der Waals surface area (Å²) < 4.78 is 0. The smallest absolute Gasteiger partial charge is 0.271 e. The standard InChI is InChI=1S/C40H45Cl2N9O6/c41-29-2-1-3-30(42)34(29)37(54)45-31-19-43-47-35(31)38(55)44-25-11-16-48(17-12-25)13-8-23-9-14-49(15-10-23)20-24-21-50(22-24)26-4-5-27-28(18-26)40(57)51(39(27)56)32-6-7-33(52)46-36(32)53/h1-5,18-19,23-25,32H,6-17,20-22H2,(H,43,47)(H,44,55)(H,45,54)(H,46,52,53). The van der Waals surface area contributed by atoms with Gasteiger partial charge in [-0.2, -0.15) is 5.10 Å². The Morgan fingerprint density at radius 2 is 1.53 bits per heavy atom. The predicted molar refractivity (Wildman–Crippen MR) is 213 cm³/mol. The Morgan fingerprint density at radius 1 is 0.825 bits per heavy atom. The quantitative estimate of drug-likeness (QED) is 0.208. The highest BCUT2D eigenvalue weighted by Crippen LogP contribution is 2.34. The molecule has 0 bridgehead atoms. The maximum Gasteiger partial charge on any atom is 0.271 e. The maximum absolute atomic E-state index is 13.3. The van der Waals surface area contributed by atoms with Gasteiger partial charge in [-0.05, 0) is 94.4 Å². The lowest BCUT2D eigenvalue weighted by Crippen LogP contribution is -2.54. The minimum atomic E-state index is -0.966. The second-order valence-corrected chi connectivity index (χ2v) is 16.6. The number of carbonyl (C=O) groups is 6. The summed E-state index contributed by atoms with van der Waals surface area (Å²) in [6, 6.07) is 9.18. The number of anilines is 2. The summed E-state index contributed by atoms with van der Waals surface area (Å²) in [6.45, 7) is 7.84. The topological polar surface area (TPSA) is 180 Å². The zero-order valence-corrected chi connectivity index (χ0v) is 32.9. The van der Waals surface area contributed by atoms with Crippen molar-refractivity contribution in [3.8, 4) is 0 Å². The zero-order chi connectivity index (χ0) is 39.8. The van der Waals surface area contributed by atoms with E-state index < -0.39 is 35.6 Å². The van der Waals surface area contributed by atoms with E-state index in [0.29, 0.717) is 23.0 Å². The van der Waals surface area contributed by atoms with Crippen LogP contribution in [0.4, 0.5) is 11.4 Å². The third kappa shape index (κ3) is 8.29. The van der Waals surface area contributed by atoms with E-state index in [1.807, 2.05) is 6.07 Å². The molecule has 1 unspecified atom stereocenters. The Hall–Kier alpha value is -4.83. The molecule has 300 valence electrons. The number of aromatic nitrogens is 2. The van der Waals surface area contributed by atoms with E-state index >= 15 is 0 Å². The number of hydrogen-bond donors (Lipinski definition) is 4. The number of H-pyrrole nitrogens is 1. The molecular weight excluding hydrogens is 773 g/mol. The number of piperidine rings is 3. The average molecular weight is 819 g/mol. The van der Waals surface area contributed by atoms with Crippen LogP contribution in [0.25, 0.3) is 0 Å². The number of halogens is 2. The van der Waals surface area contributed by atoms with Crippen LogP contribution in [-0.4, -0.2) is 125 Å². The van der Waals surface area contributed by atoms with Gasteiger partial charge in [-0.15, -0.1) is 0 Å². The third-order valence-electron chi connectivity index (χ3n) is 12.1. The molecule has 2 aromatic carbocycles. The molecule has 0 spiro atoms. The molecule has 5 aliphatic rings. The lowest BCUT2D eigenvalue weighted by atomic mass is 9.91. The van der Waals surface area contributed by atoms with Crippen molar-refractivity contribution in [1.82, 2.24) is 35.5 Å². The van der Waals surface area contributed by atoms with Gasteiger partial charge in [-0.25, -0.2) is 0 Å². The highest BCUT2D eigenvalue weighted by molar-refractivity contribution is 6.40. The van der Waals surface area contributed by atoms with Crippen LogP contribution in [0, 0.1) is 11.8 Å². The molecule has 1 atom stereocenters. The van der Waals surface area contributed by atoms with Crippen molar-refractivity contribution < 1.29 is 28.8 Å². The molecule has 0 aliphatic carbocycles. The van der Waals surface area contributed by atoms with E-state index in [0.717, 1.165) is 82.2 Å². The molecule has 6 amide bonds. The number of aromatic amines is 1. The van der Waals surface area contributed by atoms with Crippen LogP contribution in [0.2, 0.25) is 10.0 Å². The van der Waals surface area contributed by atoms with Crippen LogP contribution < -0.4 is 20.9 Å². The largest absolute Gasteiger partial charge is 0.371 e. The van der Waals surface area contributed by atoms with Crippen LogP contribution in [0.5, 0.6) is 0 Å². The molecular formula is C40H45Cl2N9O6. The number of imide groups is 2. The summed E-state index contributed by atoms with van der Waals surface area (Å²) in [4.78, 5) is 84.6. The lowest BCUT2D eigenvalue weighted by Gasteiger charge is -2.44. The Bertz CT molecular complexity index is 2070. The van der Waals surface area contributed by atoms with Gasteiger partial charge in [0, 0.05) is 56.8 Å².